The Morgan fingerprint density at radius 2 is 1.80 bits per heavy atom. The monoisotopic (exact) mass is 298 g/mol. The molecule has 0 aliphatic rings. The van der Waals surface area contributed by atoms with Crippen molar-refractivity contribution in [3.8, 4) is 0 Å². The Morgan fingerprint density at radius 1 is 1.20 bits per heavy atom. The van der Waals surface area contributed by atoms with Gasteiger partial charge >= 0.3 is 0 Å². The predicted octanol–water partition coefficient (Wildman–Crippen LogP) is 2.43. The molecule has 2 N–H and O–H groups in total. The molecule has 5 nitrogen and oxygen atoms in total. The fourth-order valence-corrected chi connectivity index (χ4v) is 2.30. The molecule has 114 valence electrons. The number of hydrogen-bond donors (Lipinski definition) is 2. The van der Waals surface area contributed by atoms with Crippen molar-refractivity contribution in [1.29, 1.82) is 0 Å². The van der Waals surface area contributed by atoms with Crippen LogP contribution in [0.15, 0.2) is 6.33 Å². The third-order valence-electron chi connectivity index (χ3n) is 3.25. The molecule has 1 heterocycles. The smallest absolute Gasteiger partial charge is 0.134 e. The molecule has 0 saturated carbocycles. The zero-order chi connectivity index (χ0) is 15.0. The highest BCUT2D eigenvalue weighted by atomic mass is 32.2. The minimum Gasteiger partial charge on any atom is -0.370 e. The van der Waals surface area contributed by atoms with E-state index in [1.54, 1.807) is 12.6 Å². The fourth-order valence-electron chi connectivity index (χ4n) is 1.86. The summed E-state index contributed by atoms with van der Waals surface area (Å²) in [6, 6.07) is 0. The summed E-state index contributed by atoms with van der Waals surface area (Å²) in [4.78, 5) is 8.63. The minimum atomic E-state index is -0.769. The summed E-state index contributed by atoms with van der Waals surface area (Å²) in [5.41, 5.74) is 1.12. The van der Waals surface area contributed by atoms with Gasteiger partial charge in [-0.3, -0.25) is 4.21 Å². The summed E-state index contributed by atoms with van der Waals surface area (Å²) >= 11 is 0. The van der Waals surface area contributed by atoms with E-state index in [0.29, 0.717) is 0 Å². The van der Waals surface area contributed by atoms with Crippen LogP contribution >= 0.6 is 0 Å². The number of hydrogen-bond acceptors (Lipinski definition) is 5. The van der Waals surface area contributed by atoms with Gasteiger partial charge in [0.2, 0.25) is 0 Å². The van der Waals surface area contributed by atoms with E-state index in [4.69, 9.17) is 0 Å². The van der Waals surface area contributed by atoms with Crippen molar-refractivity contribution in [3.05, 3.63) is 11.9 Å². The normalized spacial score (nSPS) is 13.8. The number of rotatable bonds is 9. The van der Waals surface area contributed by atoms with Crippen LogP contribution in [0.3, 0.4) is 0 Å². The third kappa shape index (κ3) is 5.07. The van der Waals surface area contributed by atoms with E-state index in [0.717, 1.165) is 49.6 Å². The van der Waals surface area contributed by atoms with Crippen molar-refractivity contribution >= 4 is 22.4 Å². The van der Waals surface area contributed by atoms with Gasteiger partial charge in [-0.2, -0.15) is 0 Å². The second kappa shape index (κ2) is 8.89. The molecule has 0 aliphatic carbocycles. The van der Waals surface area contributed by atoms with Gasteiger partial charge in [-0.1, -0.05) is 20.8 Å². The molecular formula is C14H26N4OS. The van der Waals surface area contributed by atoms with Gasteiger partial charge in [-0.25, -0.2) is 9.97 Å². The topological polar surface area (TPSA) is 66.9 Å². The Kier molecular flexibility index (Phi) is 7.51. The molecule has 6 heteroatoms. The van der Waals surface area contributed by atoms with Gasteiger partial charge in [-0.15, -0.1) is 0 Å². The predicted molar refractivity (Wildman–Crippen MR) is 86.8 cm³/mol. The zero-order valence-corrected chi connectivity index (χ0v) is 13.7. The second-order valence-electron chi connectivity index (χ2n) is 4.85. The first-order valence-electron chi connectivity index (χ1n) is 7.23. The molecule has 0 amide bonds. The van der Waals surface area contributed by atoms with Gasteiger partial charge in [0, 0.05) is 41.0 Å². The molecular weight excluding hydrogens is 272 g/mol. The average molecular weight is 298 g/mol. The van der Waals surface area contributed by atoms with Crippen LogP contribution in [0.4, 0.5) is 11.6 Å². The summed E-state index contributed by atoms with van der Waals surface area (Å²) in [7, 11) is -0.769. The van der Waals surface area contributed by atoms with Crippen LogP contribution in [0.5, 0.6) is 0 Å². The largest absolute Gasteiger partial charge is 0.370 e. The van der Waals surface area contributed by atoms with Gasteiger partial charge in [0.1, 0.15) is 18.0 Å². The maximum Gasteiger partial charge on any atom is 0.134 e. The first-order chi connectivity index (χ1) is 9.60. The summed E-state index contributed by atoms with van der Waals surface area (Å²) < 4.78 is 11.3. The SMILES string of the molecule is CCCNc1ncnc(NCCC(C)S(C)=O)c1CC. The van der Waals surface area contributed by atoms with Crippen LogP contribution in [0, 0.1) is 0 Å². The lowest BCUT2D eigenvalue weighted by atomic mass is 10.2. The molecule has 1 aromatic rings. The van der Waals surface area contributed by atoms with E-state index in [2.05, 4.69) is 34.4 Å². The highest BCUT2D eigenvalue weighted by Crippen LogP contribution is 2.20. The van der Waals surface area contributed by atoms with E-state index in [9.17, 15) is 4.21 Å². The van der Waals surface area contributed by atoms with Crippen LogP contribution in [0.25, 0.3) is 0 Å². The van der Waals surface area contributed by atoms with Crippen LogP contribution in [0.1, 0.15) is 39.2 Å². The summed E-state index contributed by atoms with van der Waals surface area (Å²) in [5.74, 6) is 1.80. The highest BCUT2D eigenvalue weighted by Gasteiger charge is 2.10. The molecule has 0 aliphatic heterocycles. The molecule has 1 aromatic heterocycles. The molecule has 2 unspecified atom stereocenters. The van der Waals surface area contributed by atoms with E-state index in [1.165, 1.54) is 0 Å². The lowest BCUT2D eigenvalue weighted by Crippen LogP contribution is -2.16. The van der Waals surface area contributed by atoms with Gasteiger partial charge in [0.05, 0.1) is 0 Å². The molecule has 1 rings (SSSR count). The zero-order valence-electron chi connectivity index (χ0n) is 12.9. The van der Waals surface area contributed by atoms with Crippen molar-refractivity contribution < 1.29 is 4.21 Å². The summed E-state index contributed by atoms with van der Waals surface area (Å²) in [6.45, 7) is 7.93. The lowest BCUT2D eigenvalue weighted by molar-refractivity contribution is 0.672. The van der Waals surface area contributed by atoms with E-state index in [-0.39, 0.29) is 5.25 Å². The maximum atomic E-state index is 11.3. The van der Waals surface area contributed by atoms with Gasteiger partial charge < -0.3 is 10.6 Å². The Hall–Kier alpha value is -1.17. The van der Waals surface area contributed by atoms with Crippen LogP contribution in [-0.4, -0.2) is 38.8 Å². The highest BCUT2D eigenvalue weighted by molar-refractivity contribution is 7.84. The van der Waals surface area contributed by atoms with E-state index >= 15 is 0 Å². The van der Waals surface area contributed by atoms with Gasteiger partial charge in [0.25, 0.3) is 0 Å². The molecule has 20 heavy (non-hydrogen) atoms. The Bertz CT molecular complexity index is 439. The first-order valence-corrected chi connectivity index (χ1v) is 8.86. The first kappa shape index (κ1) is 16.9. The average Bonchev–Trinajstić information content (AvgIpc) is 2.44. The van der Waals surface area contributed by atoms with E-state index < -0.39 is 10.8 Å². The molecule has 0 aromatic carbocycles. The molecule has 0 radical (unpaired) electrons. The van der Waals surface area contributed by atoms with Gasteiger partial charge in [-0.05, 0) is 19.3 Å². The molecule has 0 bridgehead atoms. The quantitative estimate of drug-likeness (QED) is 0.733. The standard InChI is InChI=1S/C14H26N4OS/c1-5-8-15-13-12(6-2)14(18-10-17-13)16-9-7-11(3)20(4)19/h10-11H,5-9H2,1-4H3,(H2,15,16,17,18). The number of aromatic nitrogens is 2. The van der Waals surface area contributed by atoms with Crippen LogP contribution in [-0.2, 0) is 17.2 Å². The number of anilines is 2. The second-order valence-corrected chi connectivity index (χ2v) is 6.66. The lowest BCUT2D eigenvalue weighted by Gasteiger charge is -2.15. The van der Waals surface area contributed by atoms with Crippen LogP contribution < -0.4 is 10.6 Å². The third-order valence-corrected chi connectivity index (χ3v) is 4.62. The van der Waals surface area contributed by atoms with Crippen molar-refractivity contribution in [2.45, 2.75) is 45.3 Å². The molecule has 2 atom stereocenters. The fraction of sp³-hybridized carbons (Fsp3) is 0.714. The van der Waals surface area contributed by atoms with Crippen molar-refractivity contribution in [3.63, 3.8) is 0 Å². The minimum absolute atomic E-state index is 0.201. The number of nitrogens with one attached hydrogen (secondary N) is 2. The summed E-state index contributed by atoms with van der Waals surface area (Å²) in [6.07, 6.45) is 6.15. The number of nitrogens with zero attached hydrogens (tertiary/aromatic N) is 2. The maximum absolute atomic E-state index is 11.3. The summed E-state index contributed by atoms with van der Waals surface area (Å²) in [5, 5.41) is 6.87. The molecule has 0 fully saturated rings. The van der Waals surface area contributed by atoms with Crippen molar-refractivity contribution in [1.82, 2.24) is 9.97 Å². The van der Waals surface area contributed by atoms with Gasteiger partial charge in [0.15, 0.2) is 0 Å². The van der Waals surface area contributed by atoms with Crippen LogP contribution in [0.2, 0.25) is 0 Å². The Balaban J connectivity index is 2.67. The van der Waals surface area contributed by atoms with Crippen molar-refractivity contribution in [2.75, 3.05) is 30.0 Å². The molecule has 0 saturated heterocycles. The Morgan fingerprint density at radius 3 is 2.30 bits per heavy atom. The van der Waals surface area contributed by atoms with E-state index in [1.807, 2.05) is 6.92 Å². The Labute approximate surface area is 124 Å². The van der Waals surface area contributed by atoms with Crippen molar-refractivity contribution in [2.24, 2.45) is 0 Å². The molecule has 0 spiro atoms.